The third-order valence-electron chi connectivity index (χ3n) is 2.23. The predicted molar refractivity (Wildman–Crippen MR) is 58.4 cm³/mol. The van der Waals surface area contributed by atoms with E-state index in [1.54, 1.807) is 0 Å². The molecule has 1 saturated heterocycles. The van der Waals surface area contributed by atoms with Crippen LogP contribution in [0.1, 0.15) is 39.0 Å². The molecule has 3 heteroatoms. The third-order valence-corrected chi connectivity index (χ3v) is 2.55. The Morgan fingerprint density at radius 3 is 3.07 bits per heavy atom. The van der Waals surface area contributed by atoms with Gasteiger partial charge in [-0.05, 0) is 39.0 Å². The zero-order valence-electron chi connectivity index (χ0n) is 8.75. The molecular formula is C11H19ClO2. The highest BCUT2D eigenvalue weighted by atomic mass is 35.5. The van der Waals surface area contributed by atoms with Crippen LogP contribution in [-0.2, 0) is 9.47 Å². The van der Waals surface area contributed by atoms with Gasteiger partial charge in [-0.25, -0.2) is 0 Å². The number of hydrogen-bond donors (Lipinski definition) is 0. The minimum absolute atomic E-state index is 0.0724. The Hall–Kier alpha value is -0.0500. The first-order valence-electron chi connectivity index (χ1n) is 5.35. The Morgan fingerprint density at radius 1 is 1.57 bits per heavy atom. The Balaban J connectivity index is 2.08. The highest BCUT2D eigenvalue weighted by Gasteiger charge is 2.17. The quantitative estimate of drug-likeness (QED) is 0.520. The van der Waals surface area contributed by atoms with Crippen LogP contribution in [0.15, 0.2) is 12.2 Å². The Morgan fingerprint density at radius 2 is 2.43 bits per heavy atom. The minimum Gasteiger partial charge on any atom is -0.353 e. The molecule has 0 saturated carbocycles. The number of allylic oxidation sites excluding steroid dienone is 2. The second kappa shape index (κ2) is 7.27. The van der Waals surface area contributed by atoms with E-state index in [-0.39, 0.29) is 11.9 Å². The van der Waals surface area contributed by atoms with Crippen molar-refractivity contribution in [1.82, 2.24) is 0 Å². The molecule has 82 valence electrons. The summed E-state index contributed by atoms with van der Waals surface area (Å²) in [7, 11) is 0. The van der Waals surface area contributed by atoms with E-state index in [4.69, 9.17) is 21.1 Å². The minimum atomic E-state index is -0.214. The lowest BCUT2D eigenvalue weighted by Crippen LogP contribution is -2.25. The molecule has 0 aromatic rings. The molecule has 0 aromatic carbocycles. The molecule has 1 rings (SSSR count). The topological polar surface area (TPSA) is 18.5 Å². The van der Waals surface area contributed by atoms with Gasteiger partial charge in [-0.3, -0.25) is 0 Å². The van der Waals surface area contributed by atoms with Gasteiger partial charge in [0.1, 0.15) is 5.56 Å². The van der Waals surface area contributed by atoms with Gasteiger partial charge in [-0.15, -0.1) is 0 Å². The van der Waals surface area contributed by atoms with Crippen molar-refractivity contribution in [2.75, 3.05) is 6.61 Å². The van der Waals surface area contributed by atoms with Crippen LogP contribution in [0.4, 0.5) is 0 Å². The van der Waals surface area contributed by atoms with E-state index in [1.165, 1.54) is 6.42 Å². The monoisotopic (exact) mass is 218 g/mol. The van der Waals surface area contributed by atoms with Crippen LogP contribution < -0.4 is 0 Å². The summed E-state index contributed by atoms with van der Waals surface area (Å²) in [5.41, 5.74) is -0.214. The molecule has 0 aromatic heterocycles. The van der Waals surface area contributed by atoms with E-state index in [1.807, 2.05) is 13.0 Å². The van der Waals surface area contributed by atoms with Gasteiger partial charge in [-0.2, -0.15) is 0 Å². The van der Waals surface area contributed by atoms with Crippen LogP contribution >= 0.6 is 11.6 Å². The van der Waals surface area contributed by atoms with Crippen molar-refractivity contribution in [3.8, 4) is 0 Å². The van der Waals surface area contributed by atoms with Crippen molar-refractivity contribution in [2.24, 2.45) is 0 Å². The second-order valence-electron chi connectivity index (χ2n) is 3.49. The molecule has 2 atom stereocenters. The van der Waals surface area contributed by atoms with Crippen LogP contribution in [0, 0.1) is 0 Å². The maximum absolute atomic E-state index is 6.01. The molecule has 1 aliphatic heterocycles. The molecule has 1 aliphatic rings. The van der Waals surface area contributed by atoms with Gasteiger partial charge < -0.3 is 9.47 Å². The Labute approximate surface area is 91.2 Å². The van der Waals surface area contributed by atoms with Crippen LogP contribution in [-0.4, -0.2) is 18.5 Å². The normalized spacial score (nSPS) is 25.4. The third kappa shape index (κ3) is 4.99. The molecule has 1 fully saturated rings. The lowest BCUT2D eigenvalue weighted by Gasteiger charge is -2.24. The molecule has 0 bridgehead atoms. The van der Waals surface area contributed by atoms with Gasteiger partial charge >= 0.3 is 0 Å². The van der Waals surface area contributed by atoms with Crippen molar-refractivity contribution in [3.05, 3.63) is 12.2 Å². The molecule has 0 aliphatic carbocycles. The summed E-state index contributed by atoms with van der Waals surface area (Å²) in [5.74, 6) is 0. The molecule has 0 amide bonds. The maximum Gasteiger partial charge on any atom is 0.159 e. The number of halogens is 1. The van der Waals surface area contributed by atoms with E-state index in [9.17, 15) is 0 Å². The van der Waals surface area contributed by atoms with Gasteiger partial charge in [0.2, 0.25) is 0 Å². The number of hydrogen-bond acceptors (Lipinski definition) is 2. The molecule has 2 nitrogen and oxygen atoms in total. The molecule has 14 heavy (non-hydrogen) atoms. The average Bonchev–Trinajstić information content (AvgIpc) is 2.20. The summed E-state index contributed by atoms with van der Waals surface area (Å²) in [6, 6.07) is 0. The summed E-state index contributed by atoms with van der Waals surface area (Å²) in [4.78, 5) is 0. The van der Waals surface area contributed by atoms with Crippen LogP contribution in [0.3, 0.4) is 0 Å². The highest BCUT2D eigenvalue weighted by Crippen LogP contribution is 2.18. The fourth-order valence-corrected chi connectivity index (χ4v) is 1.69. The Kier molecular flexibility index (Phi) is 6.24. The lowest BCUT2D eigenvalue weighted by molar-refractivity contribution is -0.172. The lowest BCUT2D eigenvalue weighted by atomic mass is 10.2. The van der Waals surface area contributed by atoms with Gasteiger partial charge in [0.25, 0.3) is 0 Å². The van der Waals surface area contributed by atoms with E-state index in [0.29, 0.717) is 0 Å². The van der Waals surface area contributed by atoms with E-state index in [2.05, 4.69) is 6.08 Å². The van der Waals surface area contributed by atoms with Crippen molar-refractivity contribution >= 4 is 11.6 Å². The second-order valence-corrected chi connectivity index (χ2v) is 3.98. The fraction of sp³-hybridized carbons (Fsp3) is 0.818. The SMILES string of the molecule is CC=CCCC(Cl)OC1CCCCO1. The van der Waals surface area contributed by atoms with Crippen LogP contribution in [0.25, 0.3) is 0 Å². The van der Waals surface area contributed by atoms with Crippen LogP contribution in [0.5, 0.6) is 0 Å². The summed E-state index contributed by atoms with van der Waals surface area (Å²) in [6.07, 6.45) is 9.18. The number of alkyl halides is 1. The highest BCUT2D eigenvalue weighted by molar-refractivity contribution is 6.19. The first-order valence-corrected chi connectivity index (χ1v) is 5.79. The van der Waals surface area contributed by atoms with Gasteiger partial charge in [-0.1, -0.05) is 23.8 Å². The molecule has 0 radical (unpaired) electrons. The number of rotatable bonds is 5. The Bertz CT molecular complexity index is 165. The number of ether oxygens (including phenoxy) is 2. The van der Waals surface area contributed by atoms with Gasteiger partial charge in [0.05, 0.1) is 0 Å². The summed E-state index contributed by atoms with van der Waals surface area (Å²) in [5, 5.41) is 0. The van der Waals surface area contributed by atoms with Crippen molar-refractivity contribution < 1.29 is 9.47 Å². The largest absolute Gasteiger partial charge is 0.353 e. The standard InChI is InChI=1S/C11H19ClO2/c1-2-3-4-7-10(12)14-11-8-5-6-9-13-11/h2-3,10-11H,4-9H2,1H3. The smallest absolute Gasteiger partial charge is 0.159 e. The van der Waals surface area contributed by atoms with Crippen molar-refractivity contribution in [2.45, 2.75) is 50.9 Å². The maximum atomic E-state index is 6.01. The zero-order valence-corrected chi connectivity index (χ0v) is 9.50. The van der Waals surface area contributed by atoms with Crippen molar-refractivity contribution in [3.63, 3.8) is 0 Å². The predicted octanol–water partition coefficient (Wildman–Crippen LogP) is 3.45. The van der Waals surface area contributed by atoms with Gasteiger partial charge in [0.15, 0.2) is 6.29 Å². The molecule has 1 heterocycles. The first kappa shape index (κ1) is 12.0. The first-order chi connectivity index (χ1) is 6.83. The molecule has 2 unspecified atom stereocenters. The van der Waals surface area contributed by atoms with E-state index >= 15 is 0 Å². The van der Waals surface area contributed by atoms with E-state index in [0.717, 1.165) is 32.3 Å². The fourth-order valence-electron chi connectivity index (χ4n) is 1.45. The van der Waals surface area contributed by atoms with Crippen molar-refractivity contribution in [1.29, 1.82) is 0 Å². The molecule has 0 spiro atoms. The van der Waals surface area contributed by atoms with Gasteiger partial charge in [0, 0.05) is 6.61 Å². The summed E-state index contributed by atoms with van der Waals surface area (Å²) >= 11 is 6.01. The molecule has 0 N–H and O–H groups in total. The zero-order chi connectivity index (χ0) is 10.2. The summed E-state index contributed by atoms with van der Waals surface area (Å²) < 4.78 is 11.0. The molecular weight excluding hydrogens is 200 g/mol. The average molecular weight is 219 g/mol. The van der Waals surface area contributed by atoms with Crippen LogP contribution in [0.2, 0.25) is 0 Å². The van der Waals surface area contributed by atoms with E-state index < -0.39 is 0 Å². The summed E-state index contributed by atoms with van der Waals surface area (Å²) in [6.45, 7) is 2.82.